The van der Waals surface area contributed by atoms with Crippen molar-refractivity contribution in [2.24, 2.45) is 0 Å². The molecule has 0 unspecified atom stereocenters. The van der Waals surface area contributed by atoms with Gasteiger partial charge in [-0.15, -0.1) is 0 Å². The van der Waals surface area contributed by atoms with E-state index in [0.717, 1.165) is 23.4 Å². The van der Waals surface area contributed by atoms with E-state index in [1.165, 1.54) is 5.56 Å². The Balaban J connectivity index is 1.51. The predicted octanol–water partition coefficient (Wildman–Crippen LogP) is 4.74. The number of anilines is 1. The van der Waals surface area contributed by atoms with Gasteiger partial charge in [0.2, 0.25) is 0 Å². The van der Waals surface area contributed by atoms with Gasteiger partial charge in [0, 0.05) is 23.7 Å². The van der Waals surface area contributed by atoms with Crippen molar-refractivity contribution in [3.63, 3.8) is 0 Å². The fourth-order valence-corrected chi connectivity index (χ4v) is 2.85. The van der Waals surface area contributed by atoms with Gasteiger partial charge in [-0.1, -0.05) is 54.1 Å². The molecule has 0 bridgehead atoms. The first kappa shape index (κ1) is 19.6. The molecule has 3 aromatic rings. The lowest BCUT2D eigenvalue weighted by Crippen LogP contribution is -2.34. The second kappa shape index (κ2) is 9.67. The maximum Gasteiger partial charge on any atom is 0.257 e. The van der Waals surface area contributed by atoms with Crippen molar-refractivity contribution in [1.82, 2.24) is 5.32 Å². The van der Waals surface area contributed by atoms with Crippen LogP contribution >= 0.6 is 12.2 Å². The minimum atomic E-state index is -0.243. The van der Waals surface area contributed by atoms with E-state index in [2.05, 4.69) is 22.8 Å². The first-order valence-electron chi connectivity index (χ1n) is 9.06. The molecule has 0 spiro atoms. The van der Waals surface area contributed by atoms with Crippen LogP contribution in [0.5, 0.6) is 5.75 Å². The number of thiocarbonyl (C=S) groups is 1. The first-order valence-corrected chi connectivity index (χ1v) is 9.47. The van der Waals surface area contributed by atoms with Crippen LogP contribution in [0.15, 0.2) is 78.9 Å². The SMILES string of the molecule is Cc1ccc(C(=O)NC(=S)Nc2cccc(OCCc3ccccc3)c2)cc1. The average molecular weight is 391 g/mol. The quantitative estimate of drug-likeness (QED) is 0.597. The van der Waals surface area contributed by atoms with Gasteiger partial charge in [0.15, 0.2) is 5.11 Å². The highest BCUT2D eigenvalue weighted by Gasteiger charge is 2.08. The van der Waals surface area contributed by atoms with E-state index in [1.807, 2.05) is 61.5 Å². The molecule has 0 atom stereocenters. The molecular formula is C23H22N2O2S. The van der Waals surface area contributed by atoms with Crippen LogP contribution in [0.25, 0.3) is 0 Å². The summed E-state index contributed by atoms with van der Waals surface area (Å²) >= 11 is 5.25. The summed E-state index contributed by atoms with van der Waals surface area (Å²) in [5.74, 6) is 0.501. The molecular weight excluding hydrogens is 368 g/mol. The van der Waals surface area contributed by atoms with E-state index in [1.54, 1.807) is 12.1 Å². The highest BCUT2D eigenvalue weighted by atomic mass is 32.1. The summed E-state index contributed by atoms with van der Waals surface area (Å²) in [4.78, 5) is 12.2. The zero-order chi connectivity index (χ0) is 19.8. The zero-order valence-corrected chi connectivity index (χ0v) is 16.5. The van der Waals surface area contributed by atoms with Crippen LogP contribution in [-0.2, 0) is 6.42 Å². The topological polar surface area (TPSA) is 50.4 Å². The maximum atomic E-state index is 12.2. The number of rotatable bonds is 6. The Hall–Kier alpha value is -3.18. The summed E-state index contributed by atoms with van der Waals surface area (Å²) in [7, 11) is 0. The van der Waals surface area contributed by atoms with Gasteiger partial charge in [-0.25, -0.2) is 0 Å². The predicted molar refractivity (Wildman–Crippen MR) is 117 cm³/mol. The summed E-state index contributed by atoms with van der Waals surface area (Å²) in [5.41, 5.74) is 3.65. The maximum absolute atomic E-state index is 12.2. The molecule has 1 amide bonds. The number of hydrogen-bond donors (Lipinski definition) is 2. The lowest BCUT2D eigenvalue weighted by molar-refractivity contribution is 0.0977. The van der Waals surface area contributed by atoms with Gasteiger partial charge >= 0.3 is 0 Å². The van der Waals surface area contributed by atoms with E-state index in [9.17, 15) is 4.79 Å². The third-order valence-corrected chi connectivity index (χ3v) is 4.34. The Bertz CT molecular complexity index is 940. The van der Waals surface area contributed by atoms with Gasteiger partial charge in [0.1, 0.15) is 5.75 Å². The second-order valence-electron chi connectivity index (χ2n) is 6.39. The Labute approximate surface area is 170 Å². The average Bonchev–Trinajstić information content (AvgIpc) is 2.69. The van der Waals surface area contributed by atoms with Gasteiger partial charge in [0.05, 0.1) is 6.61 Å². The third kappa shape index (κ3) is 5.93. The second-order valence-corrected chi connectivity index (χ2v) is 6.79. The van der Waals surface area contributed by atoms with Crippen LogP contribution in [0.1, 0.15) is 21.5 Å². The van der Waals surface area contributed by atoms with Gasteiger partial charge in [-0.05, 0) is 49.0 Å². The van der Waals surface area contributed by atoms with E-state index in [-0.39, 0.29) is 11.0 Å². The van der Waals surface area contributed by atoms with Crippen LogP contribution < -0.4 is 15.4 Å². The molecule has 4 nitrogen and oxygen atoms in total. The minimum absolute atomic E-state index is 0.243. The molecule has 142 valence electrons. The van der Waals surface area contributed by atoms with Crippen LogP contribution in [0, 0.1) is 6.92 Å². The van der Waals surface area contributed by atoms with Gasteiger partial charge in [-0.2, -0.15) is 0 Å². The van der Waals surface area contributed by atoms with Crippen LogP contribution in [-0.4, -0.2) is 17.6 Å². The molecule has 0 aromatic heterocycles. The highest BCUT2D eigenvalue weighted by molar-refractivity contribution is 7.80. The minimum Gasteiger partial charge on any atom is -0.493 e. The summed E-state index contributed by atoms with van der Waals surface area (Å²) < 4.78 is 5.82. The lowest BCUT2D eigenvalue weighted by Gasteiger charge is -2.12. The van der Waals surface area contributed by atoms with E-state index in [0.29, 0.717) is 12.2 Å². The van der Waals surface area contributed by atoms with Crippen molar-refractivity contribution in [3.05, 3.63) is 95.6 Å². The van der Waals surface area contributed by atoms with Crippen LogP contribution in [0.3, 0.4) is 0 Å². The first-order chi connectivity index (χ1) is 13.6. The molecule has 3 rings (SSSR count). The standard InChI is InChI=1S/C23H22N2O2S/c1-17-10-12-19(13-11-17)22(26)25-23(28)24-20-8-5-9-21(16-20)27-15-14-18-6-3-2-4-7-18/h2-13,16H,14-15H2,1H3,(H2,24,25,26,28). The lowest BCUT2D eigenvalue weighted by atomic mass is 10.1. The van der Waals surface area contributed by atoms with E-state index in [4.69, 9.17) is 17.0 Å². The smallest absolute Gasteiger partial charge is 0.257 e. The van der Waals surface area contributed by atoms with E-state index < -0.39 is 0 Å². The van der Waals surface area contributed by atoms with Crippen molar-refractivity contribution in [2.75, 3.05) is 11.9 Å². The van der Waals surface area contributed by atoms with Crippen molar-refractivity contribution >= 4 is 28.9 Å². The van der Waals surface area contributed by atoms with Crippen molar-refractivity contribution < 1.29 is 9.53 Å². The number of aryl methyl sites for hydroxylation is 1. The third-order valence-electron chi connectivity index (χ3n) is 4.14. The number of hydrogen-bond acceptors (Lipinski definition) is 3. The molecule has 28 heavy (non-hydrogen) atoms. The molecule has 2 N–H and O–H groups in total. The number of carbonyl (C=O) groups excluding carboxylic acids is 1. The number of amides is 1. The Morgan fingerprint density at radius 3 is 2.46 bits per heavy atom. The fraction of sp³-hybridized carbons (Fsp3) is 0.130. The molecule has 0 aliphatic rings. The monoisotopic (exact) mass is 390 g/mol. The normalized spacial score (nSPS) is 10.2. The van der Waals surface area contributed by atoms with Gasteiger partial charge in [0.25, 0.3) is 5.91 Å². The summed E-state index contributed by atoms with van der Waals surface area (Å²) in [6.45, 7) is 2.56. The summed E-state index contributed by atoms with van der Waals surface area (Å²) in [6.07, 6.45) is 0.837. The van der Waals surface area contributed by atoms with Crippen molar-refractivity contribution in [2.45, 2.75) is 13.3 Å². The number of carbonyl (C=O) groups is 1. The van der Waals surface area contributed by atoms with Crippen molar-refractivity contribution in [3.8, 4) is 5.75 Å². The Kier molecular flexibility index (Phi) is 6.76. The molecule has 0 fully saturated rings. The molecule has 0 aliphatic heterocycles. The Morgan fingerprint density at radius 1 is 0.964 bits per heavy atom. The summed E-state index contributed by atoms with van der Waals surface area (Å²) in [6, 6.07) is 25.0. The van der Waals surface area contributed by atoms with Crippen LogP contribution in [0.4, 0.5) is 5.69 Å². The zero-order valence-electron chi connectivity index (χ0n) is 15.6. The van der Waals surface area contributed by atoms with Crippen molar-refractivity contribution in [1.29, 1.82) is 0 Å². The number of ether oxygens (including phenoxy) is 1. The molecule has 0 heterocycles. The number of nitrogens with one attached hydrogen (secondary N) is 2. The molecule has 0 aliphatic carbocycles. The van der Waals surface area contributed by atoms with Gasteiger partial charge in [-0.3, -0.25) is 10.1 Å². The van der Waals surface area contributed by atoms with Gasteiger partial charge < -0.3 is 10.1 Å². The Morgan fingerprint density at radius 2 is 1.71 bits per heavy atom. The number of benzene rings is 3. The molecule has 3 aromatic carbocycles. The summed E-state index contributed by atoms with van der Waals surface area (Å²) in [5, 5.41) is 5.95. The highest BCUT2D eigenvalue weighted by Crippen LogP contribution is 2.17. The van der Waals surface area contributed by atoms with Crippen LogP contribution in [0.2, 0.25) is 0 Å². The molecule has 5 heteroatoms. The molecule has 0 saturated heterocycles. The molecule has 0 saturated carbocycles. The van der Waals surface area contributed by atoms with E-state index >= 15 is 0 Å². The fourth-order valence-electron chi connectivity index (χ4n) is 2.64. The largest absolute Gasteiger partial charge is 0.493 e. The molecule has 0 radical (unpaired) electrons.